The summed E-state index contributed by atoms with van der Waals surface area (Å²) in [4.78, 5) is 40.7. The van der Waals surface area contributed by atoms with E-state index in [2.05, 4.69) is 10.6 Å². The highest BCUT2D eigenvalue weighted by Gasteiger charge is 2.24. The molecule has 8 heteroatoms. The summed E-state index contributed by atoms with van der Waals surface area (Å²) in [6, 6.07) is 14.4. The number of carbonyl (C=O) groups excluding carboxylic acids is 3. The lowest BCUT2D eigenvalue weighted by atomic mass is 10.1. The van der Waals surface area contributed by atoms with E-state index in [9.17, 15) is 18.8 Å². The Morgan fingerprint density at radius 2 is 1.71 bits per heavy atom. The van der Waals surface area contributed by atoms with Crippen LogP contribution in [0.25, 0.3) is 0 Å². The minimum absolute atomic E-state index is 0.0234. The van der Waals surface area contributed by atoms with E-state index in [4.69, 9.17) is 0 Å². The van der Waals surface area contributed by atoms with E-state index in [0.29, 0.717) is 37.4 Å². The Kier molecular flexibility index (Phi) is 7.72. The molecule has 0 aliphatic carbocycles. The van der Waals surface area contributed by atoms with Gasteiger partial charge in [-0.15, -0.1) is 0 Å². The Morgan fingerprint density at radius 3 is 2.39 bits per heavy atom. The normalized spacial score (nSPS) is 15.2. The van der Waals surface area contributed by atoms with E-state index in [1.165, 1.54) is 12.1 Å². The molecule has 1 fully saturated rings. The summed E-state index contributed by atoms with van der Waals surface area (Å²) in [6.07, 6.45) is 0.221. The van der Waals surface area contributed by atoms with E-state index in [-0.39, 0.29) is 36.7 Å². The molecule has 1 heterocycles. The molecule has 1 unspecified atom stereocenters. The van der Waals surface area contributed by atoms with Crippen molar-refractivity contribution in [1.29, 1.82) is 0 Å². The summed E-state index contributed by atoms with van der Waals surface area (Å²) in [6.45, 7) is 4.19. The number of amides is 3. The second-order valence-electron chi connectivity index (χ2n) is 7.66. The molecule has 0 bridgehead atoms. The molecule has 3 amide bonds. The van der Waals surface area contributed by atoms with Crippen LogP contribution in [0.15, 0.2) is 54.6 Å². The Morgan fingerprint density at radius 1 is 1.00 bits per heavy atom. The number of piperazine rings is 1. The smallest absolute Gasteiger partial charge is 0.251 e. The topological polar surface area (TPSA) is 81.8 Å². The van der Waals surface area contributed by atoms with Crippen molar-refractivity contribution in [3.8, 4) is 0 Å². The van der Waals surface area contributed by atoms with Crippen LogP contribution >= 0.6 is 0 Å². The molecular weight excluding hydrogens is 399 g/mol. The zero-order valence-electron chi connectivity index (χ0n) is 17.5. The summed E-state index contributed by atoms with van der Waals surface area (Å²) in [5, 5.41) is 5.53. The van der Waals surface area contributed by atoms with Gasteiger partial charge in [-0.05, 0) is 37.3 Å². The Balaban J connectivity index is 1.39. The van der Waals surface area contributed by atoms with Crippen molar-refractivity contribution < 1.29 is 18.8 Å². The van der Waals surface area contributed by atoms with Crippen LogP contribution in [0, 0.1) is 5.82 Å². The zero-order valence-corrected chi connectivity index (χ0v) is 17.5. The predicted octanol–water partition coefficient (Wildman–Crippen LogP) is 2.12. The zero-order chi connectivity index (χ0) is 22.2. The number of anilines is 1. The highest BCUT2D eigenvalue weighted by Crippen LogP contribution is 2.10. The van der Waals surface area contributed by atoms with Crippen molar-refractivity contribution in [2.45, 2.75) is 19.4 Å². The number of nitrogens with zero attached hydrogens (tertiary/aromatic N) is 2. The molecule has 2 aromatic carbocycles. The molecule has 31 heavy (non-hydrogen) atoms. The van der Waals surface area contributed by atoms with Crippen molar-refractivity contribution in [2.75, 3.05) is 38.0 Å². The standard InChI is InChI=1S/C23H27FN4O3/c1-17(25-23(31)18-6-3-2-4-7-18)14-22(30)28-12-10-27(11-13-28)16-21(29)26-20-9-5-8-19(24)15-20/h2-9,15,17H,10-14,16H2,1H3,(H,25,31)(H,26,29). The maximum atomic E-state index is 13.2. The van der Waals surface area contributed by atoms with Gasteiger partial charge in [0.05, 0.1) is 6.54 Å². The molecule has 1 saturated heterocycles. The lowest BCUT2D eigenvalue weighted by Crippen LogP contribution is -2.51. The Hall–Kier alpha value is -3.26. The number of nitrogens with one attached hydrogen (secondary N) is 2. The quantitative estimate of drug-likeness (QED) is 0.711. The van der Waals surface area contributed by atoms with Gasteiger partial charge in [-0.2, -0.15) is 0 Å². The van der Waals surface area contributed by atoms with Crippen LogP contribution in [0.1, 0.15) is 23.7 Å². The molecule has 0 saturated carbocycles. The summed E-state index contributed by atoms with van der Waals surface area (Å²) in [5.74, 6) is -0.846. The van der Waals surface area contributed by atoms with Crippen molar-refractivity contribution in [1.82, 2.24) is 15.1 Å². The number of halogens is 1. The third kappa shape index (κ3) is 6.89. The van der Waals surface area contributed by atoms with Gasteiger partial charge in [0.25, 0.3) is 5.91 Å². The fraction of sp³-hybridized carbons (Fsp3) is 0.348. The third-order valence-electron chi connectivity index (χ3n) is 5.09. The van der Waals surface area contributed by atoms with Gasteiger partial charge < -0.3 is 15.5 Å². The van der Waals surface area contributed by atoms with E-state index in [1.54, 1.807) is 41.3 Å². The number of carbonyl (C=O) groups is 3. The highest BCUT2D eigenvalue weighted by atomic mass is 19.1. The Bertz CT molecular complexity index is 914. The van der Waals surface area contributed by atoms with Gasteiger partial charge in [0.15, 0.2) is 0 Å². The molecule has 1 aliphatic heterocycles. The first-order chi connectivity index (χ1) is 14.9. The van der Waals surface area contributed by atoms with E-state index < -0.39 is 5.82 Å². The molecule has 7 nitrogen and oxygen atoms in total. The van der Waals surface area contributed by atoms with Gasteiger partial charge in [0.1, 0.15) is 5.82 Å². The van der Waals surface area contributed by atoms with Crippen molar-refractivity contribution in [3.63, 3.8) is 0 Å². The number of benzene rings is 2. The van der Waals surface area contributed by atoms with E-state index in [1.807, 2.05) is 17.9 Å². The molecule has 3 rings (SSSR count). The fourth-order valence-electron chi connectivity index (χ4n) is 3.46. The number of rotatable bonds is 7. The maximum absolute atomic E-state index is 13.2. The van der Waals surface area contributed by atoms with Gasteiger partial charge in [-0.1, -0.05) is 24.3 Å². The predicted molar refractivity (Wildman–Crippen MR) is 116 cm³/mol. The summed E-state index contributed by atoms with van der Waals surface area (Å²) < 4.78 is 13.2. The van der Waals surface area contributed by atoms with Crippen LogP contribution in [0.3, 0.4) is 0 Å². The van der Waals surface area contributed by atoms with Crippen LogP contribution < -0.4 is 10.6 Å². The van der Waals surface area contributed by atoms with Gasteiger partial charge in [0.2, 0.25) is 11.8 Å². The molecule has 1 aliphatic rings. The van der Waals surface area contributed by atoms with Crippen LogP contribution in [0.5, 0.6) is 0 Å². The molecule has 1 atom stereocenters. The first-order valence-electron chi connectivity index (χ1n) is 10.3. The molecule has 0 radical (unpaired) electrons. The minimum atomic E-state index is -0.404. The summed E-state index contributed by atoms with van der Waals surface area (Å²) >= 11 is 0. The van der Waals surface area contributed by atoms with E-state index in [0.717, 1.165) is 0 Å². The SMILES string of the molecule is CC(CC(=O)N1CCN(CC(=O)Nc2cccc(F)c2)CC1)NC(=O)c1ccccc1. The van der Waals surface area contributed by atoms with Crippen molar-refractivity contribution >= 4 is 23.4 Å². The van der Waals surface area contributed by atoms with Gasteiger partial charge in [-0.3, -0.25) is 19.3 Å². The van der Waals surface area contributed by atoms with Crippen LogP contribution in [0.4, 0.5) is 10.1 Å². The molecule has 2 N–H and O–H groups in total. The lowest BCUT2D eigenvalue weighted by molar-refractivity contribution is -0.133. The monoisotopic (exact) mass is 426 g/mol. The highest BCUT2D eigenvalue weighted by molar-refractivity contribution is 5.94. The Labute approximate surface area is 181 Å². The molecular formula is C23H27FN4O3. The van der Waals surface area contributed by atoms with Crippen LogP contribution in [0.2, 0.25) is 0 Å². The van der Waals surface area contributed by atoms with Crippen molar-refractivity contribution in [3.05, 3.63) is 66.0 Å². The van der Waals surface area contributed by atoms with E-state index >= 15 is 0 Å². The number of hydrogen-bond acceptors (Lipinski definition) is 4. The molecule has 0 spiro atoms. The summed E-state index contributed by atoms with van der Waals surface area (Å²) in [5.41, 5.74) is 0.984. The third-order valence-corrected chi connectivity index (χ3v) is 5.09. The first-order valence-corrected chi connectivity index (χ1v) is 10.3. The van der Waals surface area contributed by atoms with Crippen LogP contribution in [-0.2, 0) is 9.59 Å². The maximum Gasteiger partial charge on any atom is 0.251 e. The molecule has 164 valence electrons. The molecule has 0 aromatic heterocycles. The molecule has 2 aromatic rings. The summed E-state index contributed by atoms with van der Waals surface area (Å²) in [7, 11) is 0. The second-order valence-corrected chi connectivity index (χ2v) is 7.66. The van der Waals surface area contributed by atoms with Gasteiger partial charge in [-0.25, -0.2) is 4.39 Å². The fourth-order valence-corrected chi connectivity index (χ4v) is 3.46. The largest absolute Gasteiger partial charge is 0.349 e. The number of hydrogen-bond donors (Lipinski definition) is 2. The average molecular weight is 426 g/mol. The lowest BCUT2D eigenvalue weighted by Gasteiger charge is -2.34. The van der Waals surface area contributed by atoms with Gasteiger partial charge >= 0.3 is 0 Å². The van der Waals surface area contributed by atoms with Crippen LogP contribution in [-0.4, -0.2) is 66.3 Å². The second kappa shape index (κ2) is 10.7. The first kappa shape index (κ1) is 22.4. The average Bonchev–Trinajstić information content (AvgIpc) is 2.74. The van der Waals surface area contributed by atoms with Crippen molar-refractivity contribution in [2.24, 2.45) is 0 Å². The van der Waals surface area contributed by atoms with Gasteiger partial charge in [0, 0.05) is 49.9 Å². The minimum Gasteiger partial charge on any atom is -0.349 e.